The van der Waals surface area contributed by atoms with Crippen molar-refractivity contribution in [3.05, 3.63) is 48.5 Å². The van der Waals surface area contributed by atoms with E-state index < -0.39 is 0 Å². The van der Waals surface area contributed by atoms with Crippen molar-refractivity contribution in [2.24, 2.45) is 0 Å². The minimum atomic E-state index is -0.271. The summed E-state index contributed by atoms with van der Waals surface area (Å²) in [5.74, 6) is 0. The molecule has 0 saturated heterocycles. The molecule has 1 unspecified atom stereocenters. The van der Waals surface area contributed by atoms with Crippen LogP contribution in [0.2, 0.25) is 0 Å². The number of hydrogen-bond donors (Lipinski definition) is 1. The number of imidazole rings is 1. The van der Waals surface area contributed by atoms with Gasteiger partial charge in [0.1, 0.15) is 0 Å². The average molecular weight is 275 g/mol. The summed E-state index contributed by atoms with van der Waals surface area (Å²) in [5, 5.41) is 3.39. The number of nitrogens with zero attached hydrogens (tertiary/aromatic N) is 2. The van der Waals surface area contributed by atoms with E-state index in [9.17, 15) is 0 Å². The molecule has 1 aromatic carbocycles. The van der Waals surface area contributed by atoms with Gasteiger partial charge in [-0.2, -0.15) is 0 Å². The second kappa shape index (κ2) is 7.07. The summed E-state index contributed by atoms with van der Waals surface area (Å²) in [6.07, 6.45) is 5.28. The van der Waals surface area contributed by atoms with E-state index in [0.29, 0.717) is 0 Å². The molecule has 5 heteroatoms. The highest BCUT2D eigenvalue weighted by Gasteiger charge is 2.15. The van der Waals surface area contributed by atoms with Crippen molar-refractivity contribution in [3.8, 4) is 0 Å². The smallest absolute Gasteiger partial charge is 0.176 e. The molecule has 108 valence electrons. The molecule has 0 aliphatic heterocycles. The summed E-state index contributed by atoms with van der Waals surface area (Å²) in [5.41, 5.74) is 2.26. The van der Waals surface area contributed by atoms with E-state index in [1.165, 1.54) is 5.56 Å². The molecule has 0 spiro atoms. The summed E-state index contributed by atoms with van der Waals surface area (Å²) in [6.45, 7) is 2.84. The number of anilines is 1. The number of ether oxygens (including phenoxy) is 2. The molecule has 1 atom stereocenters. The fourth-order valence-electron chi connectivity index (χ4n) is 2.19. The molecule has 1 N–H and O–H groups in total. The predicted molar refractivity (Wildman–Crippen MR) is 78.7 cm³/mol. The van der Waals surface area contributed by atoms with E-state index >= 15 is 0 Å². The van der Waals surface area contributed by atoms with Gasteiger partial charge in [0.25, 0.3) is 0 Å². The Bertz CT molecular complexity index is 510. The van der Waals surface area contributed by atoms with Gasteiger partial charge in [-0.25, -0.2) is 4.98 Å². The standard InChI is InChI=1S/C15H21N3O2/c1-12(15(19-2)20-3)17-14-6-4-5-13(9-14)10-18-8-7-16-11-18/h4-9,11-12,15,17H,10H2,1-3H3. The van der Waals surface area contributed by atoms with E-state index in [1.54, 1.807) is 20.4 Å². The molecule has 0 amide bonds. The summed E-state index contributed by atoms with van der Waals surface area (Å²) >= 11 is 0. The lowest BCUT2D eigenvalue weighted by molar-refractivity contribution is -0.109. The lowest BCUT2D eigenvalue weighted by Crippen LogP contribution is -2.33. The van der Waals surface area contributed by atoms with Gasteiger partial charge in [-0.05, 0) is 24.6 Å². The molecule has 20 heavy (non-hydrogen) atoms. The van der Waals surface area contributed by atoms with Crippen LogP contribution in [-0.4, -0.2) is 36.1 Å². The van der Waals surface area contributed by atoms with Crippen molar-refractivity contribution in [2.45, 2.75) is 25.8 Å². The van der Waals surface area contributed by atoms with Crippen LogP contribution in [0.5, 0.6) is 0 Å². The van der Waals surface area contributed by atoms with Gasteiger partial charge in [-0.3, -0.25) is 0 Å². The normalized spacial score (nSPS) is 12.6. The highest BCUT2D eigenvalue weighted by molar-refractivity contribution is 5.46. The van der Waals surface area contributed by atoms with Crippen LogP contribution in [0, 0.1) is 0 Å². The number of methoxy groups -OCH3 is 2. The Hall–Kier alpha value is -1.85. The van der Waals surface area contributed by atoms with Gasteiger partial charge in [0.15, 0.2) is 6.29 Å². The van der Waals surface area contributed by atoms with Crippen LogP contribution in [0.1, 0.15) is 12.5 Å². The molecule has 0 aliphatic rings. The average Bonchev–Trinajstić information content (AvgIpc) is 2.93. The van der Waals surface area contributed by atoms with Gasteiger partial charge in [0.05, 0.1) is 12.4 Å². The van der Waals surface area contributed by atoms with Crippen molar-refractivity contribution in [1.82, 2.24) is 9.55 Å². The van der Waals surface area contributed by atoms with Crippen LogP contribution in [-0.2, 0) is 16.0 Å². The Balaban J connectivity index is 2.02. The van der Waals surface area contributed by atoms with Crippen LogP contribution in [0.25, 0.3) is 0 Å². The third-order valence-corrected chi connectivity index (χ3v) is 3.12. The molecule has 2 rings (SSSR count). The van der Waals surface area contributed by atoms with Gasteiger partial charge in [-0.1, -0.05) is 12.1 Å². The molecule has 0 radical (unpaired) electrons. The van der Waals surface area contributed by atoms with Crippen LogP contribution in [0.4, 0.5) is 5.69 Å². The van der Waals surface area contributed by atoms with Gasteiger partial charge >= 0.3 is 0 Å². The Morgan fingerprint density at radius 1 is 1.30 bits per heavy atom. The van der Waals surface area contributed by atoms with Gasteiger partial charge < -0.3 is 19.4 Å². The monoisotopic (exact) mass is 275 g/mol. The lowest BCUT2D eigenvalue weighted by Gasteiger charge is -2.23. The number of hydrogen-bond acceptors (Lipinski definition) is 4. The third kappa shape index (κ3) is 3.82. The first-order valence-corrected chi connectivity index (χ1v) is 6.59. The van der Waals surface area contributed by atoms with Crippen molar-refractivity contribution in [1.29, 1.82) is 0 Å². The predicted octanol–water partition coefficient (Wildman–Crippen LogP) is 2.35. The molecule has 0 saturated carbocycles. The van der Waals surface area contributed by atoms with Crippen molar-refractivity contribution >= 4 is 5.69 Å². The maximum absolute atomic E-state index is 5.25. The zero-order valence-corrected chi connectivity index (χ0v) is 12.1. The fourth-order valence-corrected chi connectivity index (χ4v) is 2.19. The number of benzene rings is 1. The number of nitrogens with one attached hydrogen (secondary N) is 1. The molecule has 5 nitrogen and oxygen atoms in total. The van der Waals surface area contributed by atoms with Crippen molar-refractivity contribution in [2.75, 3.05) is 19.5 Å². The SMILES string of the molecule is COC(OC)C(C)Nc1cccc(Cn2ccnc2)c1. The second-order valence-corrected chi connectivity index (χ2v) is 4.71. The summed E-state index contributed by atoms with van der Waals surface area (Å²) < 4.78 is 12.5. The molecule has 2 aromatic rings. The quantitative estimate of drug-likeness (QED) is 0.788. The minimum absolute atomic E-state index is 0.0634. The maximum atomic E-state index is 5.25. The van der Waals surface area contributed by atoms with E-state index in [4.69, 9.17) is 9.47 Å². The van der Waals surface area contributed by atoms with Gasteiger partial charge in [0, 0.05) is 38.8 Å². The van der Waals surface area contributed by atoms with Gasteiger partial charge in [-0.15, -0.1) is 0 Å². The van der Waals surface area contributed by atoms with Crippen LogP contribution in [0.15, 0.2) is 43.0 Å². The van der Waals surface area contributed by atoms with Crippen molar-refractivity contribution < 1.29 is 9.47 Å². The minimum Gasteiger partial charge on any atom is -0.377 e. The molecule has 0 fully saturated rings. The largest absolute Gasteiger partial charge is 0.377 e. The Morgan fingerprint density at radius 3 is 2.75 bits per heavy atom. The zero-order valence-electron chi connectivity index (χ0n) is 12.1. The Morgan fingerprint density at radius 2 is 2.10 bits per heavy atom. The number of aromatic nitrogens is 2. The molecule has 0 bridgehead atoms. The van der Waals surface area contributed by atoms with E-state index in [0.717, 1.165) is 12.2 Å². The Labute approximate surface area is 119 Å². The van der Waals surface area contributed by atoms with Crippen LogP contribution >= 0.6 is 0 Å². The topological polar surface area (TPSA) is 48.3 Å². The first-order chi connectivity index (χ1) is 9.72. The highest BCUT2D eigenvalue weighted by Crippen LogP contribution is 2.14. The van der Waals surface area contributed by atoms with Crippen LogP contribution in [0.3, 0.4) is 0 Å². The lowest BCUT2D eigenvalue weighted by atomic mass is 10.2. The number of rotatable bonds is 7. The molecular weight excluding hydrogens is 254 g/mol. The van der Waals surface area contributed by atoms with E-state index in [2.05, 4.69) is 22.4 Å². The first kappa shape index (κ1) is 14.6. The zero-order chi connectivity index (χ0) is 14.4. The summed E-state index contributed by atoms with van der Waals surface area (Å²) in [6, 6.07) is 8.36. The highest BCUT2D eigenvalue weighted by atomic mass is 16.7. The van der Waals surface area contributed by atoms with Gasteiger partial charge in [0.2, 0.25) is 0 Å². The summed E-state index contributed by atoms with van der Waals surface area (Å²) in [4.78, 5) is 4.05. The third-order valence-electron chi connectivity index (χ3n) is 3.12. The molecule has 0 aliphatic carbocycles. The molecule has 1 aromatic heterocycles. The van der Waals surface area contributed by atoms with E-state index in [1.807, 2.05) is 36.1 Å². The van der Waals surface area contributed by atoms with E-state index in [-0.39, 0.29) is 12.3 Å². The first-order valence-electron chi connectivity index (χ1n) is 6.59. The van der Waals surface area contributed by atoms with Crippen LogP contribution < -0.4 is 5.32 Å². The molecule has 1 heterocycles. The second-order valence-electron chi connectivity index (χ2n) is 4.71. The Kier molecular flexibility index (Phi) is 5.15. The summed E-state index contributed by atoms with van der Waals surface area (Å²) in [7, 11) is 3.28. The maximum Gasteiger partial charge on any atom is 0.176 e. The molecular formula is C15H21N3O2. The fraction of sp³-hybridized carbons (Fsp3) is 0.400. The van der Waals surface area contributed by atoms with Crippen molar-refractivity contribution in [3.63, 3.8) is 0 Å².